The Kier molecular flexibility index (Phi) is 6.50. The largest absolute Gasteiger partial charge is 0.381 e. The van der Waals surface area contributed by atoms with Crippen LogP contribution in [0.25, 0.3) is 11.0 Å². The van der Waals surface area contributed by atoms with Crippen molar-refractivity contribution in [3.05, 3.63) is 52.8 Å². The average molecular weight is 428 g/mol. The van der Waals surface area contributed by atoms with E-state index in [2.05, 4.69) is 20.7 Å². The number of amides is 1. The van der Waals surface area contributed by atoms with Crippen LogP contribution in [0.15, 0.2) is 36.7 Å². The minimum atomic E-state index is -0.142. The Hall–Kier alpha value is -2.64. The number of benzene rings is 1. The number of hydrogen-bond acceptors (Lipinski definition) is 5. The maximum atomic E-state index is 13.0. The molecule has 4 rings (SSSR count). The Labute approximate surface area is 180 Å². The van der Waals surface area contributed by atoms with Crippen molar-refractivity contribution in [2.24, 2.45) is 0 Å². The molecule has 2 N–H and O–H groups in total. The maximum absolute atomic E-state index is 13.0. The van der Waals surface area contributed by atoms with Gasteiger partial charge in [-0.3, -0.25) is 4.79 Å². The predicted molar refractivity (Wildman–Crippen MR) is 118 cm³/mol. The van der Waals surface area contributed by atoms with Gasteiger partial charge in [0.2, 0.25) is 0 Å². The number of pyridine rings is 1. The fourth-order valence-corrected chi connectivity index (χ4v) is 3.82. The fraction of sp³-hybridized carbons (Fsp3) is 0.409. The summed E-state index contributed by atoms with van der Waals surface area (Å²) >= 11 is 5.94. The number of nitrogens with zero attached hydrogens (tertiary/aromatic N) is 3. The molecule has 1 aromatic carbocycles. The first-order chi connectivity index (χ1) is 14.7. The highest BCUT2D eigenvalue weighted by Crippen LogP contribution is 2.28. The van der Waals surface area contributed by atoms with Gasteiger partial charge in [0.05, 0.1) is 22.8 Å². The van der Waals surface area contributed by atoms with Gasteiger partial charge >= 0.3 is 0 Å². The number of nitrogens with one attached hydrogen (secondary N) is 2. The topological polar surface area (TPSA) is 81.1 Å². The summed E-state index contributed by atoms with van der Waals surface area (Å²) in [6.45, 7) is 4.73. The SMILES string of the molecule is CCn1ncc2c(NC3CCOCC3)c(C(=O)NCCc3ccc(Cl)cc3)cnc21. The summed E-state index contributed by atoms with van der Waals surface area (Å²) in [6.07, 6.45) is 5.98. The van der Waals surface area contributed by atoms with Crippen molar-refractivity contribution in [2.75, 3.05) is 25.1 Å². The van der Waals surface area contributed by atoms with Gasteiger partial charge in [0.15, 0.2) is 5.65 Å². The van der Waals surface area contributed by atoms with Crippen LogP contribution in [-0.4, -0.2) is 46.5 Å². The van der Waals surface area contributed by atoms with E-state index in [0.29, 0.717) is 17.1 Å². The van der Waals surface area contributed by atoms with Crippen molar-refractivity contribution in [1.82, 2.24) is 20.1 Å². The highest BCUT2D eigenvalue weighted by Gasteiger charge is 2.21. The second-order valence-electron chi connectivity index (χ2n) is 7.41. The summed E-state index contributed by atoms with van der Waals surface area (Å²) in [6, 6.07) is 7.92. The van der Waals surface area contributed by atoms with Gasteiger partial charge in [-0.15, -0.1) is 0 Å². The van der Waals surface area contributed by atoms with Gasteiger partial charge in [-0.25, -0.2) is 9.67 Å². The Morgan fingerprint density at radius 3 is 2.73 bits per heavy atom. The molecule has 0 spiro atoms. The molecule has 0 bridgehead atoms. The van der Waals surface area contributed by atoms with Crippen molar-refractivity contribution in [3.8, 4) is 0 Å². The second-order valence-corrected chi connectivity index (χ2v) is 7.84. The average Bonchev–Trinajstić information content (AvgIpc) is 3.20. The van der Waals surface area contributed by atoms with E-state index in [0.717, 1.165) is 61.3 Å². The van der Waals surface area contributed by atoms with E-state index in [4.69, 9.17) is 16.3 Å². The smallest absolute Gasteiger partial charge is 0.254 e. The lowest BCUT2D eigenvalue weighted by Crippen LogP contribution is -2.31. The maximum Gasteiger partial charge on any atom is 0.254 e. The minimum absolute atomic E-state index is 0.142. The lowest BCUT2D eigenvalue weighted by atomic mass is 10.1. The zero-order valence-electron chi connectivity index (χ0n) is 17.0. The standard InChI is InChI=1S/C22H26ClN5O2/c1-2-28-21-18(14-26-28)20(27-17-8-11-30-12-9-17)19(13-25-21)22(29)24-10-7-15-3-5-16(23)6-4-15/h3-6,13-14,17H,2,7-12H2,1H3,(H,24,29)(H,25,27). The van der Waals surface area contributed by atoms with Crippen molar-refractivity contribution < 1.29 is 9.53 Å². The summed E-state index contributed by atoms with van der Waals surface area (Å²) < 4.78 is 7.31. The third-order valence-corrected chi connectivity index (χ3v) is 5.64. The number of aromatic nitrogens is 3. The number of ether oxygens (including phenoxy) is 1. The first-order valence-corrected chi connectivity index (χ1v) is 10.7. The lowest BCUT2D eigenvalue weighted by molar-refractivity contribution is 0.0904. The zero-order valence-corrected chi connectivity index (χ0v) is 17.8. The third-order valence-electron chi connectivity index (χ3n) is 5.39. The van der Waals surface area contributed by atoms with Crippen LogP contribution in [0.2, 0.25) is 5.02 Å². The van der Waals surface area contributed by atoms with E-state index in [1.54, 1.807) is 12.4 Å². The molecule has 3 aromatic rings. The number of fused-ring (bicyclic) bond motifs is 1. The number of anilines is 1. The van der Waals surface area contributed by atoms with Gasteiger partial charge in [-0.2, -0.15) is 5.10 Å². The van der Waals surface area contributed by atoms with Gasteiger partial charge in [-0.05, 0) is 43.9 Å². The molecule has 30 heavy (non-hydrogen) atoms. The van der Waals surface area contributed by atoms with Gasteiger partial charge in [0, 0.05) is 43.6 Å². The van der Waals surface area contributed by atoms with Crippen LogP contribution in [0.3, 0.4) is 0 Å². The molecule has 2 aromatic heterocycles. The predicted octanol–water partition coefficient (Wildman–Crippen LogP) is 3.67. The summed E-state index contributed by atoms with van der Waals surface area (Å²) in [5.41, 5.74) is 3.25. The van der Waals surface area contributed by atoms with E-state index in [9.17, 15) is 4.79 Å². The molecule has 1 amide bonds. The summed E-state index contributed by atoms with van der Waals surface area (Å²) in [5.74, 6) is -0.142. The molecule has 158 valence electrons. The van der Waals surface area contributed by atoms with E-state index in [1.165, 1.54) is 0 Å². The van der Waals surface area contributed by atoms with Crippen LogP contribution < -0.4 is 10.6 Å². The molecular weight excluding hydrogens is 402 g/mol. The minimum Gasteiger partial charge on any atom is -0.381 e. The van der Waals surface area contributed by atoms with Crippen LogP contribution in [0, 0.1) is 0 Å². The first-order valence-electron chi connectivity index (χ1n) is 10.4. The summed E-state index contributed by atoms with van der Waals surface area (Å²) in [7, 11) is 0. The Morgan fingerprint density at radius 1 is 1.23 bits per heavy atom. The molecule has 0 atom stereocenters. The molecule has 0 unspecified atom stereocenters. The van der Waals surface area contributed by atoms with Crippen LogP contribution in [-0.2, 0) is 17.7 Å². The molecule has 8 heteroatoms. The van der Waals surface area contributed by atoms with E-state index < -0.39 is 0 Å². The van der Waals surface area contributed by atoms with E-state index >= 15 is 0 Å². The molecular formula is C22H26ClN5O2. The number of carbonyl (C=O) groups is 1. The van der Waals surface area contributed by atoms with Crippen LogP contribution in [0.4, 0.5) is 5.69 Å². The van der Waals surface area contributed by atoms with Crippen molar-refractivity contribution >= 4 is 34.2 Å². The Morgan fingerprint density at radius 2 is 2.00 bits per heavy atom. The van der Waals surface area contributed by atoms with Crippen molar-refractivity contribution in [1.29, 1.82) is 0 Å². The normalized spacial score (nSPS) is 14.7. The highest BCUT2D eigenvalue weighted by molar-refractivity contribution is 6.30. The van der Waals surface area contributed by atoms with Crippen molar-refractivity contribution in [3.63, 3.8) is 0 Å². The quantitative estimate of drug-likeness (QED) is 0.601. The fourth-order valence-electron chi connectivity index (χ4n) is 3.70. The molecule has 1 aliphatic heterocycles. The molecule has 0 aliphatic carbocycles. The summed E-state index contributed by atoms with van der Waals surface area (Å²) in [4.78, 5) is 17.5. The van der Waals surface area contributed by atoms with Gasteiger partial charge < -0.3 is 15.4 Å². The monoisotopic (exact) mass is 427 g/mol. The molecule has 7 nitrogen and oxygen atoms in total. The number of hydrogen-bond donors (Lipinski definition) is 2. The zero-order chi connectivity index (χ0) is 20.9. The molecule has 1 aliphatic rings. The number of halogens is 1. The summed E-state index contributed by atoms with van der Waals surface area (Å²) in [5, 5.41) is 12.6. The van der Waals surface area contributed by atoms with Crippen LogP contribution in [0.1, 0.15) is 35.7 Å². The number of aryl methyl sites for hydroxylation is 1. The second kappa shape index (κ2) is 9.45. The van der Waals surface area contributed by atoms with E-state index in [1.807, 2.05) is 35.9 Å². The number of rotatable bonds is 7. The molecule has 3 heterocycles. The third kappa shape index (κ3) is 4.57. The highest BCUT2D eigenvalue weighted by atomic mass is 35.5. The first kappa shape index (κ1) is 20.6. The molecule has 0 saturated carbocycles. The molecule has 1 fully saturated rings. The lowest BCUT2D eigenvalue weighted by Gasteiger charge is -2.25. The van der Waals surface area contributed by atoms with Gasteiger partial charge in [-0.1, -0.05) is 23.7 Å². The van der Waals surface area contributed by atoms with E-state index in [-0.39, 0.29) is 11.9 Å². The number of carbonyl (C=O) groups excluding carboxylic acids is 1. The van der Waals surface area contributed by atoms with Crippen LogP contribution in [0.5, 0.6) is 0 Å². The van der Waals surface area contributed by atoms with Crippen LogP contribution >= 0.6 is 11.6 Å². The molecule has 0 radical (unpaired) electrons. The van der Waals surface area contributed by atoms with Gasteiger partial charge in [0.1, 0.15) is 0 Å². The Bertz CT molecular complexity index is 1010. The molecule has 1 saturated heterocycles. The van der Waals surface area contributed by atoms with Crippen molar-refractivity contribution in [2.45, 2.75) is 38.8 Å². The van der Waals surface area contributed by atoms with Gasteiger partial charge in [0.25, 0.3) is 5.91 Å². The Balaban J connectivity index is 1.54.